The normalized spacial score (nSPS) is 14.0. The molecule has 0 radical (unpaired) electrons. The summed E-state index contributed by atoms with van der Waals surface area (Å²) in [5.74, 6) is -0.190. The number of sulfonamides is 1. The molecular formula is C22H23N3O3S. The molecule has 1 amide bonds. The van der Waals surface area contributed by atoms with Crippen molar-refractivity contribution in [3.8, 4) is 0 Å². The molecule has 1 aliphatic carbocycles. The lowest BCUT2D eigenvalue weighted by atomic mass is 9.89. The number of amides is 1. The first-order valence-electron chi connectivity index (χ1n) is 9.62. The van der Waals surface area contributed by atoms with Gasteiger partial charge in [0.25, 0.3) is 5.91 Å². The molecule has 0 bridgehead atoms. The van der Waals surface area contributed by atoms with Crippen LogP contribution in [0.4, 0.5) is 5.69 Å². The molecule has 0 saturated carbocycles. The highest BCUT2D eigenvalue weighted by Crippen LogP contribution is 2.30. The topological polar surface area (TPSA) is 79.4 Å². The molecule has 1 aliphatic rings. The molecular weight excluding hydrogens is 386 g/mol. The highest BCUT2D eigenvalue weighted by atomic mass is 32.2. The zero-order valence-electron chi connectivity index (χ0n) is 16.5. The number of hydrogen-bond donors (Lipinski definition) is 1. The monoisotopic (exact) mass is 409 g/mol. The Morgan fingerprint density at radius 3 is 2.41 bits per heavy atom. The van der Waals surface area contributed by atoms with E-state index in [1.807, 2.05) is 24.3 Å². The summed E-state index contributed by atoms with van der Waals surface area (Å²) in [5, 5.41) is 3.78. The van der Waals surface area contributed by atoms with Crippen LogP contribution in [0.15, 0.2) is 53.4 Å². The Kier molecular flexibility index (Phi) is 5.10. The van der Waals surface area contributed by atoms with Crippen LogP contribution >= 0.6 is 0 Å². The summed E-state index contributed by atoms with van der Waals surface area (Å²) in [5.41, 5.74) is 4.09. The van der Waals surface area contributed by atoms with Crippen LogP contribution in [-0.4, -0.2) is 37.7 Å². The van der Waals surface area contributed by atoms with Crippen LogP contribution in [-0.2, 0) is 22.9 Å². The number of anilines is 1. The van der Waals surface area contributed by atoms with Gasteiger partial charge in [-0.25, -0.2) is 12.7 Å². The first-order valence-corrected chi connectivity index (χ1v) is 11.1. The van der Waals surface area contributed by atoms with Gasteiger partial charge in [-0.3, -0.25) is 9.78 Å². The number of pyridine rings is 1. The van der Waals surface area contributed by atoms with E-state index in [9.17, 15) is 13.2 Å². The predicted molar refractivity (Wildman–Crippen MR) is 114 cm³/mol. The van der Waals surface area contributed by atoms with Crippen molar-refractivity contribution in [3.63, 3.8) is 0 Å². The van der Waals surface area contributed by atoms with Crippen LogP contribution in [0.25, 0.3) is 10.9 Å². The average molecular weight is 410 g/mol. The van der Waals surface area contributed by atoms with Crippen LogP contribution in [0.2, 0.25) is 0 Å². The molecule has 0 fully saturated rings. The number of aromatic nitrogens is 1. The van der Waals surface area contributed by atoms with Gasteiger partial charge >= 0.3 is 0 Å². The van der Waals surface area contributed by atoms with E-state index in [0.717, 1.165) is 52.1 Å². The minimum absolute atomic E-state index is 0.187. The zero-order chi connectivity index (χ0) is 20.6. The SMILES string of the molecule is CN(C)S(=O)(=O)c1ccc(NC(=O)c2c3c(nc4ccccc24)CCCC3)cc1. The van der Waals surface area contributed by atoms with Gasteiger partial charge in [0.05, 0.1) is 16.0 Å². The van der Waals surface area contributed by atoms with Crippen molar-refractivity contribution in [3.05, 3.63) is 65.4 Å². The van der Waals surface area contributed by atoms with Crippen LogP contribution in [0.5, 0.6) is 0 Å². The van der Waals surface area contributed by atoms with E-state index in [1.165, 1.54) is 26.2 Å². The van der Waals surface area contributed by atoms with Gasteiger partial charge in [0.15, 0.2) is 0 Å². The number of nitrogens with one attached hydrogen (secondary N) is 1. The van der Waals surface area contributed by atoms with Crippen molar-refractivity contribution in [2.24, 2.45) is 0 Å². The molecule has 1 heterocycles. The molecule has 7 heteroatoms. The van der Waals surface area contributed by atoms with Gasteiger partial charge < -0.3 is 5.32 Å². The van der Waals surface area contributed by atoms with Crippen molar-refractivity contribution < 1.29 is 13.2 Å². The van der Waals surface area contributed by atoms with Crippen molar-refractivity contribution in [2.45, 2.75) is 30.6 Å². The Balaban J connectivity index is 1.70. The average Bonchev–Trinajstić information content (AvgIpc) is 2.72. The highest BCUT2D eigenvalue weighted by molar-refractivity contribution is 7.89. The molecule has 6 nitrogen and oxygen atoms in total. The second kappa shape index (κ2) is 7.57. The second-order valence-electron chi connectivity index (χ2n) is 7.40. The number of hydrogen-bond acceptors (Lipinski definition) is 4. The van der Waals surface area contributed by atoms with Crippen LogP contribution in [0.1, 0.15) is 34.5 Å². The summed E-state index contributed by atoms with van der Waals surface area (Å²) in [4.78, 5) is 18.2. The molecule has 0 spiro atoms. The molecule has 2 aromatic carbocycles. The van der Waals surface area contributed by atoms with E-state index in [-0.39, 0.29) is 10.8 Å². The molecule has 0 saturated heterocycles. The van der Waals surface area contributed by atoms with Gasteiger partial charge in [0.1, 0.15) is 0 Å². The van der Waals surface area contributed by atoms with E-state index in [0.29, 0.717) is 11.3 Å². The molecule has 1 N–H and O–H groups in total. The molecule has 3 aromatic rings. The third kappa shape index (κ3) is 3.63. The quantitative estimate of drug-likeness (QED) is 0.714. The van der Waals surface area contributed by atoms with Crippen molar-refractivity contribution >= 4 is 32.5 Å². The maximum absolute atomic E-state index is 13.2. The first kappa shape index (κ1) is 19.5. The van der Waals surface area contributed by atoms with Crippen LogP contribution in [0, 0.1) is 0 Å². The van der Waals surface area contributed by atoms with E-state index in [1.54, 1.807) is 12.1 Å². The number of carbonyl (C=O) groups excluding carboxylic acids is 1. The number of benzene rings is 2. The minimum Gasteiger partial charge on any atom is -0.322 e. The number of rotatable bonds is 4. The maximum Gasteiger partial charge on any atom is 0.256 e. The summed E-state index contributed by atoms with van der Waals surface area (Å²) in [6, 6.07) is 13.9. The fourth-order valence-electron chi connectivity index (χ4n) is 3.75. The van der Waals surface area contributed by atoms with Crippen molar-refractivity contribution in [1.29, 1.82) is 0 Å². The fourth-order valence-corrected chi connectivity index (χ4v) is 4.65. The second-order valence-corrected chi connectivity index (χ2v) is 9.55. The smallest absolute Gasteiger partial charge is 0.256 e. The van der Waals surface area contributed by atoms with E-state index < -0.39 is 10.0 Å². The Bertz CT molecular complexity index is 1190. The highest BCUT2D eigenvalue weighted by Gasteiger charge is 2.23. The number of nitrogens with zero attached hydrogens (tertiary/aromatic N) is 2. The molecule has 0 atom stereocenters. The van der Waals surface area contributed by atoms with Gasteiger partial charge in [-0.05, 0) is 61.6 Å². The standard InChI is InChI=1S/C22H23N3O3S/c1-25(2)29(27,28)16-13-11-15(12-14-16)23-22(26)21-17-7-3-5-9-19(17)24-20-10-6-4-8-18(20)21/h3,5,7,9,11-14H,4,6,8,10H2,1-2H3,(H,23,26). The van der Waals surface area contributed by atoms with E-state index in [4.69, 9.17) is 4.98 Å². The Hall–Kier alpha value is -2.77. The van der Waals surface area contributed by atoms with Gasteiger partial charge in [-0.1, -0.05) is 18.2 Å². The number of fused-ring (bicyclic) bond motifs is 2. The maximum atomic E-state index is 13.2. The lowest BCUT2D eigenvalue weighted by Crippen LogP contribution is -2.22. The number of carbonyl (C=O) groups is 1. The van der Waals surface area contributed by atoms with Crippen molar-refractivity contribution in [1.82, 2.24) is 9.29 Å². The Morgan fingerprint density at radius 1 is 1.00 bits per heavy atom. The molecule has 29 heavy (non-hydrogen) atoms. The Labute approximate surface area is 170 Å². The predicted octanol–water partition coefficient (Wildman–Crippen LogP) is 3.62. The summed E-state index contributed by atoms with van der Waals surface area (Å²) in [6.07, 6.45) is 3.86. The number of para-hydroxylation sites is 1. The van der Waals surface area contributed by atoms with Gasteiger partial charge in [-0.2, -0.15) is 0 Å². The summed E-state index contributed by atoms with van der Waals surface area (Å²) < 4.78 is 25.6. The first-order chi connectivity index (χ1) is 13.9. The van der Waals surface area contributed by atoms with Crippen LogP contribution < -0.4 is 5.32 Å². The van der Waals surface area contributed by atoms with E-state index in [2.05, 4.69) is 5.32 Å². The third-order valence-electron chi connectivity index (χ3n) is 5.29. The fraction of sp³-hybridized carbons (Fsp3) is 0.273. The molecule has 150 valence electrons. The van der Waals surface area contributed by atoms with Gasteiger partial charge in [0, 0.05) is 30.9 Å². The molecule has 4 rings (SSSR count). The molecule has 1 aromatic heterocycles. The van der Waals surface area contributed by atoms with Gasteiger partial charge in [-0.15, -0.1) is 0 Å². The molecule has 0 aliphatic heterocycles. The minimum atomic E-state index is -3.50. The lowest BCUT2D eigenvalue weighted by Gasteiger charge is -2.20. The van der Waals surface area contributed by atoms with Gasteiger partial charge in [0.2, 0.25) is 10.0 Å². The summed E-state index contributed by atoms with van der Waals surface area (Å²) in [6.45, 7) is 0. The van der Waals surface area contributed by atoms with Crippen LogP contribution in [0.3, 0.4) is 0 Å². The van der Waals surface area contributed by atoms with Crippen molar-refractivity contribution in [2.75, 3.05) is 19.4 Å². The molecule has 0 unspecified atom stereocenters. The summed E-state index contributed by atoms with van der Waals surface area (Å²) in [7, 11) is -0.525. The number of aryl methyl sites for hydroxylation is 1. The zero-order valence-corrected chi connectivity index (χ0v) is 17.3. The largest absolute Gasteiger partial charge is 0.322 e. The third-order valence-corrected chi connectivity index (χ3v) is 7.12. The summed E-state index contributed by atoms with van der Waals surface area (Å²) >= 11 is 0. The lowest BCUT2D eigenvalue weighted by molar-refractivity contribution is 0.102. The Morgan fingerprint density at radius 2 is 1.69 bits per heavy atom. The van der Waals surface area contributed by atoms with E-state index >= 15 is 0 Å².